The lowest BCUT2D eigenvalue weighted by Crippen LogP contribution is -2.44. The molecule has 1 heterocycles. The van der Waals surface area contributed by atoms with Crippen LogP contribution in [0.1, 0.15) is 26.7 Å². The average molecular weight is 257 g/mol. The van der Waals surface area contributed by atoms with Crippen LogP contribution in [0.4, 0.5) is 0 Å². The predicted molar refractivity (Wildman–Crippen MR) is 72.4 cm³/mol. The lowest BCUT2D eigenvalue weighted by Gasteiger charge is -2.24. The fraction of sp³-hybridized carbons (Fsp3) is 0.923. The van der Waals surface area contributed by atoms with Gasteiger partial charge in [-0.2, -0.15) is 0 Å². The first-order chi connectivity index (χ1) is 8.61. The van der Waals surface area contributed by atoms with E-state index in [4.69, 9.17) is 5.11 Å². The second-order valence-corrected chi connectivity index (χ2v) is 5.45. The smallest absolute Gasteiger partial charge is 0.234 e. The molecule has 1 fully saturated rings. The maximum atomic E-state index is 11.8. The zero-order valence-corrected chi connectivity index (χ0v) is 11.6. The van der Waals surface area contributed by atoms with Crippen LogP contribution in [0.2, 0.25) is 0 Å². The largest absolute Gasteiger partial charge is 0.395 e. The van der Waals surface area contributed by atoms with Crippen LogP contribution in [0.3, 0.4) is 0 Å². The minimum Gasteiger partial charge on any atom is -0.395 e. The number of carbonyl (C=O) groups is 1. The molecule has 18 heavy (non-hydrogen) atoms. The number of nitrogens with zero attached hydrogens (tertiary/aromatic N) is 1. The summed E-state index contributed by atoms with van der Waals surface area (Å²) in [4.78, 5) is 13.8. The first-order valence-corrected chi connectivity index (χ1v) is 6.95. The predicted octanol–water partition coefficient (Wildman–Crippen LogP) is -0.195. The van der Waals surface area contributed by atoms with Crippen molar-refractivity contribution in [3.05, 3.63) is 0 Å². The molecule has 0 radical (unpaired) electrons. The number of nitrogens with one attached hydrogen (secondary N) is 2. The van der Waals surface area contributed by atoms with Gasteiger partial charge >= 0.3 is 0 Å². The molecule has 1 aliphatic rings. The number of hydrogen-bond acceptors (Lipinski definition) is 4. The van der Waals surface area contributed by atoms with Crippen LogP contribution in [0, 0.1) is 5.92 Å². The fourth-order valence-electron chi connectivity index (χ4n) is 2.18. The molecule has 0 spiro atoms. The standard InChI is InChI=1S/C13H27N3O2/c1-11(2)8-15-13(18)10-16(6-7-17)9-12-4-3-5-14-12/h11-12,14,17H,3-10H2,1-2H3,(H,15,18). The van der Waals surface area contributed by atoms with Crippen molar-refractivity contribution in [1.82, 2.24) is 15.5 Å². The number of carbonyl (C=O) groups excluding carboxylic acids is 1. The van der Waals surface area contributed by atoms with Crippen molar-refractivity contribution in [2.75, 3.05) is 39.3 Å². The van der Waals surface area contributed by atoms with Crippen LogP contribution in [0.25, 0.3) is 0 Å². The van der Waals surface area contributed by atoms with Gasteiger partial charge in [-0.25, -0.2) is 0 Å². The van der Waals surface area contributed by atoms with Gasteiger partial charge in [0.15, 0.2) is 0 Å². The Labute approximate surface area is 110 Å². The molecule has 1 rings (SSSR count). The molecule has 0 aromatic carbocycles. The molecule has 0 saturated carbocycles. The van der Waals surface area contributed by atoms with Gasteiger partial charge in [0.2, 0.25) is 5.91 Å². The van der Waals surface area contributed by atoms with E-state index in [1.165, 1.54) is 6.42 Å². The minimum atomic E-state index is 0.0511. The van der Waals surface area contributed by atoms with Gasteiger partial charge in [-0.15, -0.1) is 0 Å². The molecule has 1 saturated heterocycles. The second kappa shape index (κ2) is 8.45. The van der Waals surface area contributed by atoms with Gasteiger partial charge in [-0.05, 0) is 25.3 Å². The monoisotopic (exact) mass is 257 g/mol. The number of hydrogen-bond donors (Lipinski definition) is 3. The van der Waals surface area contributed by atoms with Gasteiger partial charge in [0.1, 0.15) is 0 Å². The SMILES string of the molecule is CC(C)CNC(=O)CN(CCO)CC1CCCN1. The number of rotatable bonds is 8. The molecule has 0 aliphatic carbocycles. The minimum absolute atomic E-state index is 0.0511. The van der Waals surface area contributed by atoms with Gasteiger partial charge in [0.25, 0.3) is 0 Å². The third-order valence-corrected chi connectivity index (χ3v) is 3.13. The molecule has 3 N–H and O–H groups in total. The first kappa shape index (κ1) is 15.4. The van der Waals surface area contributed by atoms with Crippen LogP contribution in [-0.2, 0) is 4.79 Å². The van der Waals surface area contributed by atoms with Gasteiger partial charge in [0, 0.05) is 25.7 Å². The van der Waals surface area contributed by atoms with E-state index in [2.05, 4.69) is 24.5 Å². The molecule has 1 atom stereocenters. The quantitative estimate of drug-likeness (QED) is 0.564. The topological polar surface area (TPSA) is 64.6 Å². The van der Waals surface area contributed by atoms with Crippen LogP contribution in [-0.4, -0.2) is 61.3 Å². The van der Waals surface area contributed by atoms with Crippen molar-refractivity contribution in [3.8, 4) is 0 Å². The molecule has 1 aliphatic heterocycles. The fourth-order valence-corrected chi connectivity index (χ4v) is 2.18. The Morgan fingerprint density at radius 3 is 2.89 bits per heavy atom. The van der Waals surface area contributed by atoms with Crippen molar-refractivity contribution in [2.24, 2.45) is 5.92 Å². The molecule has 0 aromatic rings. The number of amides is 1. The van der Waals surface area contributed by atoms with Gasteiger partial charge in [-0.3, -0.25) is 9.69 Å². The highest BCUT2D eigenvalue weighted by molar-refractivity contribution is 5.78. The van der Waals surface area contributed by atoms with Crippen LogP contribution in [0.5, 0.6) is 0 Å². The van der Waals surface area contributed by atoms with Crippen molar-refractivity contribution in [2.45, 2.75) is 32.7 Å². The average Bonchev–Trinajstić information content (AvgIpc) is 2.79. The van der Waals surface area contributed by atoms with Crippen molar-refractivity contribution in [3.63, 3.8) is 0 Å². The Kier molecular flexibility index (Phi) is 7.23. The van der Waals surface area contributed by atoms with E-state index >= 15 is 0 Å². The molecule has 0 aromatic heterocycles. The van der Waals surface area contributed by atoms with Crippen molar-refractivity contribution in [1.29, 1.82) is 0 Å². The lowest BCUT2D eigenvalue weighted by molar-refractivity contribution is -0.122. The maximum Gasteiger partial charge on any atom is 0.234 e. The van der Waals surface area contributed by atoms with Crippen LogP contribution < -0.4 is 10.6 Å². The highest BCUT2D eigenvalue weighted by Crippen LogP contribution is 2.06. The summed E-state index contributed by atoms with van der Waals surface area (Å²) in [5.41, 5.74) is 0. The Balaban J connectivity index is 2.29. The van der Waals surface area contributed by atoms with E-state index in [0.717, 1.165) is 19.5 Å². The summed E-state index contributed by atoms with van der Waals surface area (Å²) in [6.45, 7) is 7.83. The molecule has 5 heteroatoms. The number of aliphatic hydroxyl groups is 1. The molecule has 1 unspecified atom stereocenters. The zero-order chi connectivity index (χ0) is 13.4. The molecule has 106 valence electrons. The Hall–Kier alpha value is -0.650. The van der Waals surface area contributed by atoms with Crippen molar-refractivity contribution < 1.29 is 9.90 Å². The maximum absolute atomic E-state index is 11.8. The van der Waals surface area contributed by atoms with E-state index in [9.17, 15) is 4.79 Å². The summed E-state index contributed by atoms with van der Waals surface area (Å²) in [7, 11) is 0. The molecular weight excluding hydrogens is 230 g/mol. The van der Waals surface area contributed by atoms with E-state index < -0.39 is 0 Å². The zero-order valence-electron chi connectivity index (χ0n) is 11.6. The molecule has 1 amide bonds. The van der Waals surface area contributed by atoms with Crippen molar-refractivity contribution >= 4 is 5.91 Å². The summed E-state index contributed by atoms with van der Waals surface area (Å²) < 4.78 is 0. The van der Waals surface area contributed by atoms with E-state index in [1.54, 1.807) is 0 Å². The van der Waals surface area contributed by atoms with Crippen LogP contribution in [0.15, 0.2) is 0 Å². The van der Waals surface area contributed by atoms with E-state index in [1.807, 2.05) is 4.90 Å². The number of aliphatic hydroxyl groups excluding tert-OH is 1. The summed E-state index contributed by atoms with van der Waals surface area (Å²) in [5, 5.41) is 15.4. The summed E-state index contributed by atoms with van der Waals surface area (Å²) in [6.07, 6.45) is 2.37. The highest BCUT2D eigenvalue weighted by atomic mass is 16.3. The molecule has 0 bridgehead atoms. The summed E-state index contributed by atoms with van der Waals surface area (Å²) >= 11 is 0. The highest BCUT2D eigenvalue weighted by Gasteiger charge is 2.19. The Bertz CT molecular complexity index is 240. The van der Waals surface area contributed by atoms with Gasteiger partial charge < -0.3 is 15.7 Å². The second-order valence-electron chi connectivity index (χ2n) is 5.45. The molecular formula is C13H27N3O2. The Morgan fingerprint density at radius 2 is 2.33 bits per heavy atom. The van der Waals surface area contributed by atoms with Gasteiger partial charge in [-0.1, -0.05) is 13.8 Å². The summed E-state index contributed by atoms with van der Waals surface area (Å²) in [6, 6.07) is 0.467. The molecule has 5 nitrogen and oxygen atoms in total. The van der Waals surface area contributed by atoms with E-state index in [0.29, 0.717) is 31.6 Å². The first-order valence-electron chi connectivity index (χ1n) is 6.95. The Morgan fingerprint density at radius 1 is 1.56 bits per heavy atom. The summed E-state index contributed by atoms with van der Waals surface area (Å²) in [5.74, 6) is 0.520. The van der Waals surface area contributed by atoms with Crippen LogP contribution >= 0.6 is 0 Å². The lowest BCUT2D eigenvalue weighted by atomic mass is 10.2. The third-order valence-electron chi connectivity index (χ3n) is 3.13. The van der Waals surface area contributed by atoms with E-state index in [-0.39, 0.29) is 12.5 Å². The normalized spacial score (nSPS) is 19.7. The third kappa shape index (κ3) is 6.33. The van der Waals surface area contributed by atoms with Gasteiger partial charge in [0.05, 0.1) is 13.2 Å².